The number of carbonyl (C=O) groups excluding carboxylic acids is 1. The van der Waals surface area contributed by atoms with E-state index in [1.165, 1.54) is 5.75 Å². The van der Waals surface area contributed by atoms with Gasteiger partial charge in [0, 0.05) is 42.6 Å². The van der Waals surface area contributed by atoms with Gasteiger partial charge in [-0.3, -0.25) is 4.79 Å². The van der Waals surface area contributed by atoms with Crippen LogP contribution in [-0.2, 0) is 0 Å². The van der Waals surface area contributed by atoms with Crippen LogP contribution in [0.3, 0.4) is 0 Å². The summed E-state index contributed by atoms with van der Waals surface area (Å²) in [6.45, 7) is 3.24. The Bertz CT molecular complexity index is 744. The fourth-order valence-corrected chi connectivity index (χ4v) is 3.66. The molecule has 0 unspecified atom stereocenters. The molecule has 26 heavy (non-hydrogen) atoms. The molecule has 0 atom stereocenters. The van der Waals surface area contributed by atoms with Gasteiger partial charge in [-0.05, 0) is 43.4 Å². The van der Waals surface area contributed by atoms with Gasteiger partial charge in [0.15, 0.2) is 0 Å². The lowest BCUT2D eigenvalue weighted by Crippen LogP contribution is -2.45. The molecule has 2 heterocycles. The Morgan fingerprint density at radius 2 is 2.04 bits per heavy atom. The first-order valence-electron chi connectivity index (χ1n) is 9.01. The van der Waals surface area contributed by atoms with E-state index in [0.717, 1.165) is 43.7 Å². The molecule has 0 radical (unpaired) electrons. The van der Waals surface area contributed by atoms with E-state index in [1.807, 2.05) is 48.2 Å². The number of aromatic nitrogens is 1. The molecule has 0 spiro atoms. The summed E-state index contributed by atoms with van der Waals surface area (Å²) in [5.41, 5.74) is 8.11. The predicted molar refractivity (Wildman–Crippen MR) is 109 cm³/mol. The van der Waals surface area contributed by atoms with Crippen molar-refractivity contribution in [3.05, 3.63) is 48.0 Å². The number of pyridine rings is 1. The summed E-state index contributed by atoms with van der Waals surface area (Å²) in [5, 5.41) is 3.19. The van der Waals surface area contributed by atoms with Gasteiger partial charge in [0.25, 0.3) is 5.91 Å². The van der Waals surface area contributed by atoms with Crippen LogP contribution in [0, 0.1) is 0 Å². The van der Waals surface area contributed by atoms with Crippen LogP contribution in [0.5, 0.6) is 0 Å². The highest BCUT2D eigenvalue weighted by Gasteiger charge is 2.21. The van der Waals surface area contributed by atoms with Crippen LogP contribution in [0.4, 0.5) is 5.82 Å². The van der Waals surface area contributed by atoms with Gasteiger partial charge in [0.2, 0.25) is 0 Å². The van der Waals surface area contributed by atoms with Crippen LogP contribution >= 0.6 is 11.8 Å². The number of anilines is 1. The zero-order valence-corrected chi connectivity index (χ0v) is 16.0. The van der Waals surface area contributed by atoms with Gasteiger partial charge >= 0.3 is 0 Å². The van der Waals surface area contributed by atoms with Crippen molar-refractivity contribution in [2.45, 2.75) is 18.9 Å². The number of thioether (sulfide) groups is 1. The Hall–Kier alpha value is -2.05. The van der Waals surface area contributed by atoms with E-state index in [-0.39, 0.29) is 11.9 Å². The van der Waals surface area contributed by atoms with E-state index in [9.17, 15) is 4.79 Å². The molecule has 0 aliphatic carbocycles. The van der Waals surface area contributed by atoms with Crippen LogP contribution in [0.25, 0.3) is 11.3 Å². The Kier molecular flexibility index (Phi) is 6.52. The maximum Gasteiger partial charge on any atom is 0.251 e. The van der Waals surface area contributed by atoms with Gasteiger partial charge in [-0.1, -0.05) is 18.2 Å². The number of nitrogens with two attached hydrogens (primary N) is 1. The molecule has 1 fully saturated rings. The van der Waals surface area contributed by atoms with Crippen molar-refractivity contribution >= 4 is 23.5 Å². The van der Waals surface area contributed by atoms with Crippen molar-refractivity contribution in [3.8, 4) is 11.3 Å². The summed E-state index contributed by atoms with van der Waals surface area (Å²) in [6.07, 6.45) is 4.16. The second-order valence-electron chi connectivity index (χ2n) is 6.61. The van der Waals surface area contributed by atoms with Crippen molar-refractivity contribution in [2.75, 3.05) is 37.4 Å². The minimum atomic E-state index is -0.0154. The zero-order valence-electron chi connectivity index (χ0n) is 15.1. The van der Waals surface area contributed by atoms with Crippen molar-refractivity contribution in [1.82, 2.24) is 15.2 Å². The zero-order chi connectivity index (χ0) is 18.4. The maximum absolute atomic E-state index is 12.6. The lowest BCUT2D eigenvalue weighted by atomic mass is 10.0. The highest BCUT2D eigenvalue weighted by atomic mass is 32.2. The third-order valence-electron chi connectivity index (χ3n) is 4.73. The van der Waals surface area contributed by atoms with Gasteiger partial charge in [-0.15, -0.1) is 0 Å². The lowest BCUT2D eigenvalue weighted by molar-refractivity contribution is 0.0913. The predicted octanol–water partition coefficient (Wildman–Crippen LogP) is 2.89. The Morgan fingerprint density at radius 1 is 1.27 bits per heavy atom. The molecule has 1 aromatic heterocycles. The van der Waals surface area contributed by atoms with Crippen molar-refractivity contribution in [3.63, 3.8) is 0 Å². The minimum Gasteiger partial charge on any atom is -0.384 e. The average molecular weight is 371 g/mol. The van der Waals surface area contributed by atoms with E-state index in [2.05, 4.69) is 21.5 Å². The van der Waals surface area contributed by atoms with Crippen molar-refractivity contribution in [1.29, 1.82) is 0 Å². The van der Waals surface area contributed by atoms with Gasteiger partial charge in [0.1, 0.15) is 5.82 Å². The van der Waals surface area contributed by atoms with Crippen LogP contribution in [0.1, 0.15) is 23.2 Å². The Labute approximate surface area is 159 Å². The number of piperidine rings is 1. The topological polar surface area (TPSA) is 71.2 Å². The summed E-state index contributed by atoms with van der Waals surface area (Å²) in [5.74, 6) is 1.63. The number of hydrogen-bond donors (Lipinski definition) is 2. The first-order chi connectivity index (χ1) is 12.7. The normalized spacial score (nSPS) is 15.7. The van der Waals surface area contributed by atoms with Crippen LogP contribution in [-0.4, -0.2) is 53.5 Å². The van der Waals surface area contributed by atoms with E-state index in [0.29, 0.717) is 11.4 Å². The third-order valence-corrected chi connectivity index (χ3v) is 5.32. The number of rotatable bonds is 6. The SMILES string of the molecule is CSCCN1CCC(NC(=O)c2cccc(-c3cccc(N)n3)c2)CC1. The molecular formula is C20H26N4OS. The van der Waals surface area contributed by atoms with Crippen LogP contribution in [0.15, 0.2) is 42.5 Å². The number of benzene rings is 1. The maximum atomic E-state index is 12.6. The molecule has 1 amide bonds. The molecule has 1 saturated heterocycles. The van der Waals surface area contributed by atoms with Gasteiger partial charge < -0.3 is 16.0 Å². The lowest BCUT2D eigenvalue weighted by Gasteiger charge is -2.32. The summed E-state index contributed by atoms with van der Waals surface area (Å²) in [7, 11) is 0. The summed E-state index contributed by atoms with van der Waals surface area (Å²) >= 11 is 1.88. The molecule has 0 saturated carbocycles. The van der Waals surface area contributed by atoms with E-state index in [1.54, 1.807) is 6.07 Å². The molecule has 1 aromatic carbocycles. The number of nitrogens with one attached hydrogen (secondary N) is 1. The van der Waals surface area contributed by atoms with Crippen molar-refractivity contribution < 1.29 is 4.79 Å². The van der Waals surface area contributed by atoms with Gasteiger partial charge in [-0.2, -0.15) is 11.8 Å². The number of hydrogen-bond acceptors (Lipinski definition) is 5. The summed E-state index contributed by atoms with van der Waals surface area (Å²) < 4.78 is 0. The number of carbonyl (C=O) groups is 1. The Morgan fingerprint density at radius 3 is 2.77 bits per heavy atom. The molecule has 138 valence electrons. The number of likely N-dealkylation sites (tertiary alicyclic amines) is 1. The smallest absolute Gasteiger partial charge is 0.251 e. The largest absolute Gasteiger partial charge is 0.384 e. The molecule has 6 heteroatoms. The Balaban J connectivity index is 1.60. The molecule has 1 aliphatic heterocycles. The standard InChI is InChI=1S/C20H26N4OS/c1-26-13-12-24-10-8-17(9-11-24)22-20(25)16-5-2-4-15(14-16)18-6-3-7-19(21)23-18/h2-7,14,17H,8-13H2,1H3,(H2,21,23)(H,22,25). The molecular weight excluding hydrogens is 344 g/mol. The second kappa shape index (κ2) is 9.05. The molecule has 3 rings (SSSR count). The summed E-state index contributed by atoms with van der Waals surface area (Å²) in [4.78, 5) is 19.5. The van der Waals surface area contributed by atoms with E-state index < -0.39 is 0 Å². The van der Waals surface area contributed by atoms with Crippen LogP contribution < -0.4 is 11.1 Å². The first-order valence-corrected chi connectivity index (χ1v) is 10.4. The first kappa shape index (κ1) is 18.7. The molecule has 2 aromatic rings. The fraction of sp³-hybridized carbons (Fsp3) is 0.400. The molecule has 3 N–H and O–H groups in total. The fourth-order valence-electron chi connectivity index (χ4n) is 3.22. The number of nitrogen functional groups attached to an aromatic ring is 1. The highest BCUT2D eigenvalue weighted by molar-refractivity contribution is 7.98. The summed E-state index contributed by atoms with van der Waals surface area (Å²) in [6, 6.07) is 13.3. The second-order valence-corrected chi connectivity index (χ2v) is 7.60. The highest BCUT2D eigenvalue weighted by Crippen LogP contribution is 2.20. The molecule has 1 aliphatic rings. The van der Waals surface area contributed by atoms with E-state index in [4.69, 9.17) is 5.73 Å². The number of nitrogens with zero attached hydrogens (tertiary/aromatic N) is 2. The van der Waals surface area contributed by atoms with Gasteiger partial charge in [0.05, 0.1) is 5.69 Å². The molecule has 0 bridgehead atoms. The van der Waals surface area contributed by atoms with Crippen LogP contribution in [0.2, 0.25) is 0 Å². The van der Waals surface area contributed by atoms with E-state index >= 15 is 0 Å². The van der Waals surface area contributed by atoms with Crippen molar-refractivity contribution in [2.24, 2.45) is 0 Å². The molecule has 5 nitrogen and oxygen atoms in total. The van der Waals surface area contributed by atoms with Gasteiger partial charge in [-0.25, -0.2) is 4.98 Å². The monoisotopic (exact) mass is 370 g/mol. The minimum absolute atomic E-state index is 0.0154. The quantitative estimate of drug-likeness (QED) is 0.818. The average Bonchev–Trinajstić information content (AvgIpc) is 2.67. The third kappa shape index (κ3) is 4.99. The number of amides is 1.